The van der Waals surface area contributed by atoms with E-state index in [9.17, 15) is 5.11 Å². The Balaban J connectivity index is 1.90. The highest BCUT2D eigenvalue weighted by Crippen LogP contribution is 2.18. The van der Waals surface area contributed by atoms with Gasteiger partial charge in [-0.1, -0.05) is 30.7 Å². The minimum absolute atomic E-state index is 0.368. The van der Waals surface area contributed by atoms with Gasteiger partial charge in [-0.3, -0.25) is 4.99 Å². The monoisotopic (exact) mass is 365 g/mol. The number of aliphatic imine (C=N–C) groups is 1. The van der Waals surface area contributed by atoms with Crippen LogP contribution in [-0.4, -0.2) is 30.7 Å². The highest BCUT2D eigenvalue weighted by molar-refractivity contribution is 7.07. The molecule has 0 saturated carbocycles. The van der Waals surface area contributed by atoms with Gasteiger partial charge in [0.1, 0.15) is 0 Å². The number of thiophene rings is 1. The lowest BCUT2D eigenvalue weighted by atomic mass is 10.1. The summed E-state index contributed by atoms with van der Waals surface area (Å²) >= 11 is 7.58. The van der Waals surface area contributed by atoms with Crippen LogP contribution in [0.25, 0.3) is 0 Å². The molecular weight excluding hydrogens is 342 g/mol. The number of nitrogens with zero attached hydrogens (tertiary/aromatic N) is 1. The molecule has 0 radical (unpaired) electrons. The van der Waals surface area contributed by atoms with Crippen LogP contribution in [0.2, 0.25) is 5.02 Å². The van der Waals surface area contributed by atoms with E-state index >= 15 is 0 Å². The van der Waals surface area contributed by atoms with Gasteiger partial charge in [0.15, 0.2) is 5.96 Å². The van der Waals surface area contributed by atoms with Gasteiger partial charge >= 0.3 is 0 Å². The molecule has 0 saturated heterocycles. The van der Waals surface area contributed by atoms with Crippen LogP contribution in [-0.2, 0) is 0 Å². The van der Waals surface area contributed by atoms with Gasteiger partial charge in [-0.15, -0.1) is 0 Å². The van der Waals surface area contributed by atoms with Gasteiger partial charge in [-0.25, -0.2) is 0 Å². The Hall–Kier alpha value is -1.56. The molecule has 2 atom stereocenters. The number of benzene rings is 1. The van der Waals surface area contributed by atoms with Crippen molar-refractivity contribution in [2.45, 2.75) is 25.9 Å². The molecule has 4 nitrogen and oxygen atoms in total. The molecule has 2 aromatic rings. The van der Waals surface area contributed by atoms with Crippen molar-refractivity contribution in [3.8, 4) is 0 Å². The fourth-order valence-corrected chi connectivity index (χ4v) is 3.14. The zero-order valence-corrected chi connectivity index (χ0v) is 15.6. The van der Waals surface area contributed by atoms with Crippen LogP contribution >= 0.6 is 22.9 Å². The predicted molar refractivity (Wildman–Crippen MR) is 103 cm³/mol. The Kier molecular flexibility index (Phi) is 7.56. The van der Waals surface area contributed by atoms with Crippen molar-refractivity contribution in [3.63, 3.8) is 0 Å². The summed E-state index contributed by atoms with van der Waals surface area (Å²) in [6, 6.07) is 9.36. The lowest BCUT2D eigenvalue weighted by molar-refractivity contribution is 0.181. The number of aliphatic hydroxyl groups is 1. The maximum atomic E-state index is 10.3. The number of rotatable bonds is 7. The Labute approximate surface area is 152 Å². The molecule has 1 heterocycles. The average Bonchev–Trinajstić information content (AvgIpc) is 3.12. The molecule has 0 aliphatic heterocycles. The fourth-order valence-electron chi connectivity index (χ4n) is 2.23. The molecule has 0 bridgehead atoms. The normalized spacial score (nSPS) is 14.2. The van der Waals surface area contributed by atoms with Crippen molar-refractivity contribution in [2.75, 3.05) is 19.6 Å². The first kappa shape index (κ1) is 18.8. The number of hydrogen-bond donors (Lipinski definition) is 3. The number of nitrogens with one attached hydrogen (secondary N) is 2. The van der Waals surface area contributed by atoms with Crippen molar-refractivity contribution < 1.29 is 5.11 Å². The van der Waals surface area contributed by atoms with E-state index in [4.69, 9.17) is 11.6 Å². The van der Waals surface area contributed by atoms with Gasteiger partial charge in [0.2, 0.25) is 0 Å². The number of aliphatic hydroxyl groups excluding tert-OH is 1. The van der Waals surface area contributed by atoms with Crippen LogP contribution in [0, 0.1) is 0 Å². The third-order valence-electron chi connectivity index (χ3n) is 3.70. The van der Waals surface area contributed by atoms with Crippen LogP contribution < -0.4 is 10.6 Å². The first-order valence-electron chi connectivity index (χ1n) is 8.08. The zero-order chi connectivity index (χ0) is 17.4. The van der Waals surface area contributed by atoms with E-state index in [2.05, 4.69) is 39.4 Å². The Morgan fingerprint density at radius 1 is 1.21 bits per heavy atom. The summed E-state index contributed by atoms with van der Waals surface area (Å²) in [5.74, 6) is 1.08. The van der Waals surface area contributed by atoms with E-state index in [1.165, 1.54) is 5.56 Å². The van der Waals surface area contributed by atoms with E-state index in [1.807, 2.05) is 19.1 Å². The van der Waals surface area contributed by atoms with E-state index in [0.717, 1.165) is 12.1 Å². The number of guanidine groups is 1. The van der Waals surface area contributed by atoms with Gasteiger partial charge in [0.25, 0.3) is 0 Å². The number of halogens is 1. The van der Waals surface area contributed by atoms with E-state index in [-0.39, 0.29) is 0 Å². The third kappa shape index (κ3) is 5.82. The standard InChI is InChI=1S/C18H24ClN3OS/c1-3-20-18(21-10-13(2)15-8-9-24-12-15)22-11-17(23)14-4-6-16(19)7-5-14/h4-9,12-13,17,23H,3,10-11H2,1-2H3,(H2,20,21,22). The summed E-state index contributed by atoms with van der Waals surface area (Å²) < 4.78 is 0. The van der Waals surface area contributed by atoms with E-state index < -0.39 is 6.10 Å². The summed E-state index contributed by atoms with van der Waals surface area (Å²) in [4.78, 5) is 4.62. The van der Waals surface area contributed by atoms with Gasteiger partial charge < -0.3 is 15.7 Å². The molecule has 0 aliphatic carbocycles. The lowest BCUT2D eigenvalue weighted by Gasteiger charge is -2.16. The van der Waals surface area contributed by atoms with Crippen LogP contribution in [0.15, 0.2) is 46.1 Å². The molecule has 0 fully saturated rings. The molecule has 24 heavy (non-hydrogen) atoms. The summed E-state index contributed by atoms with van der Waals surface area (Å²) in [5, 5.41) is 21.6. The highest BCUT2D eigenvalue weighted by atomic mass is 35.5. The van der Waals surface area contributed by atoms with Crippen molar-refractivity contribution in [1.29, 1.82) is 0 Å². The Bertz CT molecular complexity index is 628. The van der Waals surface area contributed by atoms with E-state index in [1.54, 1.807) is 23.5 Å². The van der Waals surface area contributed by atoms with E-state index in [0.29, 0.717) is 30.0 Å². The molecule has 3 N–H and O–H groups in total. The smallest absolute Gasteiger partial charge is 0.191 e. The largest absolute Gasteiger partial charge is 0.387 e. The molecular formula is C18H24ClN3OS. The van der Waals surface area contributed by atoms with Crippen LogP contribution in [0.1, 0.15) is 37.0 Å². The highest BCUT2D eigenvalue weighted by Gasteiger charge is 2.09. The van der Waals surface area contributed by atoms with Crippen molar-refractivity contribution in [2.24, 2.45) is 4.99 Å². The zero-order valence-electron chi connectivity index (χ0n) is 14.0. The van der Waals surface area contributed by atoms with Gasteiger partial charge in [-0.05, 0) is 47.0 Å². The van der Waals surface area contributed by atoms with Gasteiger partial charge in [0, 0.05) is 30.6 Å². The Morgan fingerprint density at radius 3 is 2.58 bits per heavy atom. The van der Waals surface area contributed by atoms with Crippen molar-refractivity contribution in [3.05, 3.63) is 57.2 Å². The summed E-state index contributed by atoms with van der Waals surface area (Å²) in [5.41, 5.74) is 2.13. The molecule has 1 aromatic carbocycles. The second-order valence-electron chi connectivity index (χ2n) is 5.63. The summed E-state index contributed by atoms with van der Waals surface area (Å²) in [6.07, 6.45) is -0.611. The summed E-state index contributed by atoms with van der Waals surface area (Å²) in [6.45, 7) is 6.05. The first-order valence-corrected chi connectivity index (χ1v) is 9.40. The fraction of sp³-hybridized carbons (Fsp3) is 0.389. The molecule has 130 valence electrons. The van der Waals surface area contributed by atoms with Crippen LogP contribution in [0.4, 0.5) is 0 Å². The molecule has 0 amide bonds. The average molecular weight is 366 g/mol. The predicted octanol–water partition coefficient (Wildman–Crippen LogP) is 3.79. The van der Waals surface area contributed by atoms with Gasteiger partial charge in [-0.2, -0.15) is 11.3 Å². The van der Waals surface area contributed by atoms with Crippen LogP contribution in [0.5, 0.6) is 0 Å². The topological polar surface area (TPSA) is 56.7 Å². The van der Waals surface area contributed by atoms with Gasteiger partial charge in [0.05, 0.1) is 6.10 Å². The lowest BCUT2D eigenvalue weighted by Crippen LogP contribution is -2.39. The SMILES string of the molecule is CCNC(=NCC(C)c1ccsc1)NCC(O)c1ccc(Cl)cc1. The molecule has 6 heteroatoms. The third-order valence-corrected chi connectivity index (χ3v) is 4.65. The molecule has 0 aliphatic rings. The molecule has 0 spiro atoms. The molecule has 2 unspecified atom stereocenters. The minimum atomic E-state index is -0.611. The maximum Gasteiger partial charge on any atom is 0.191 e. The quantitative estimate of drug-likeness (QED) is 0.516. The number of hydrogen-bond acceptors (Lipinski definition) is 3. The maximum absolute atomic E-state index is 10.3. The molecule has 1 aromatic heterocycles. The van der Waals surface area contributed by atoms with Crippen molar-refractivity contribution >= 4 is 28.9 Å². The Morgan fingerprint density at radius 2 is 1.96 bits per heavy atom. The summed E-state index contributed by atoms with van der Waals surface area (Å²) in [7, 11) is 0. The minimum Gasteiger partial charge on any atom is -0.387 e. The van der Waals surface area contributed by atoms with Crippen LogP contribution in [0.3, 0.4) is 0 Å². The second kappa shape index (κ2) is 9.67. The first-order chi connectivity index (χ1) is 11.6. The second-order valence-corrected chi connectivity index (χ2v) is 6.84. The molecule has 2 rings (SSSR count). The van der Waals surface area contributed by atoms with Crippen molar-refractivity contribution in [1.82, 2.24) is 10.6 Å².